The van der Waals surface area contributed by atoms with Crippen LogP contribution in [0, 0.1) is 13.0 Å². The fourth-order valence-electron chi connectivity index (χ4n) is 1.43. The highest BCUT2D eigenvalue weighted by atomic mass is 32.1. The highest BCUT2D eigenvalue weighted by molar-refractivity contribution is 7.14. The molecule has 0 saturated carbocycles. The van der Waals surface area contributed by atoms with Gasteiger partial charge < -0.3 is 4.74 Å². The number of methoxy groups -OCH3 is 1. The Morgan fingerprint density at radius 1 is 1.29 bits per heavy atom. The second-order valence-electron chi connectivity index (χ2n) is 3.06. The van der Waals surface area contributed by atoms with Crippen LogP contribution in [0.15, 0.2) is 29.6 Å². The quantitative estimate of drug-likeness (QED) is 0.725. The van der Waals surface area contributed by atoms with E-state index in [0.29, 0.717) is 0 Å². The molecule has 0 N–H and O–H groups in total. The summed E-state index contributed by atoms with van der Waals surface area (Å²) in [5, 5.41) is 1.93. The minimum atomic E-state index is 0.837. The molecule has 2 heteroatoms. The SMILES string of the molecule is COc1[c]csc1-c1ccccc1C. The van der Waals surface area contributed by atoms with Crippen molar-refractivity contribution < 1.29 is 4.74 Å². The Morgan fingerprint density at radius 3 is 2.79 bits per heavy atom. The molecule has 0 saturated heterocycles. The average molecular weight is 203 g/mol. The fraction of sp³-hybridized carbons (Fsp3) is 0.167. The smallest absolute Gasteiger partial charge is 0.145 e. The molecule has 0 atom stereocenters. The molecule has 0 aliphatic rings. The number of rotatable bonds is 2. The van der Waals surface area contributed by atoms with E-state index in [0.717, 1.165) is 10.6 Å². The van der Waals surface area contributed by atoms with Crippen LogP contribution in [0.4, 0.5) is 0 Å². The molecule has 1 radical (unpaired) electrons. The highest BCUT2D eigenvalue weighted by Crippen LogP contribution is 2.36. The van der Waals surface area contributed by atoms with Crippen molar-refractivity contribution in [1.29, 1.82) is 0 Å². The van der Waals surface area contributed by atoms with Crippen molar-refractivity contribution in [3.05, 3.63) is 41.3 Å². The van der Waals surface area contributed by atoms with E-state index >= 15 is 0 Å². The summed E-state index contributed by atoms with van der Waals surface area (Å²) < 4.78 is 5.25. The number of hydrogen-bond donors (Lipinski definition) is 0. The molecule has 0 aliphatic heterocycles. The zero-order valence-corrected chi connectivity index (χ0v) is 9.02. The van der Waals surface area contributed by atoms with Crippen LogP contribution in [0.2, 0.25) is 0 Å². The predicted molar refractivity (Wildman–Crippen MR) is 59.9 cm³/mol. The number of benzene rings is 1. The van der Waals surface area contributed by atoms with Gasteiger partial charge in [-0.15, -0.1) is 11.3 Å². The van der Waals surface area contributed by atoms with Gasteiger partial charge in [0.15, 0.2) is 0 Å². The molecule has 1 aromatic heterocycles. The number of thiophene rings is 1. The lowest BCUT2D eigenvalue weighted by atomic mass is 10.1. The van der Waals surface area contributed by atoms with E-state index in [1.54, 1.807) is 18.4 Å². The maximum Gasteiger partial charge on any atom is 0.145 e. The molecule has 0 fully saturated rings. The van der Waals surface area contributed by atoms with Gasteiger partial charge in [0.05, 0.1) is 12.0 Å². The zero-order valence-electron chi connectivity index (χ0n) is 8.20. The van der Waals surface area contributed by atoms with Crippen molar-refractivity contribution in [1.82, 2.24) is 0 Å². The van der Waals surface area contributed by atoms with Crippen LogP contribution < -0.4 is 4.74 Å². The second-order valence-corrected chi connectivity index (χ2v) is 3.94. The standard InChI is InChI=1S/C12H11OS/c1-9-5-3-4-6-10(9)12-11(13-2)7-8-14-12/h3-6,8H,1-2H3. The third kappa shape index (κ3) is 1.53. The molecule has 0 spiro atoms. The van der Waals surface area contributed by atoms with Crippen molar-refractivity contribution in [2.75, 3.05) is 7.11 Å². The molecule has 0 amide bonds. The van der Waals surface area contributed by atoms with E-state index in [1.807, 2.05) is 17.5 Å². The first-order valence-corrected chi connectivity index (χ1v) is 5.30. The van der Waals surface area contributed by atoms with Gasteiger partial charge in [-0.2, -0.15) is 0 Å². The molecule has 1 nitrogen and oxygen atoms in total. The van der Waals surface area contributed by atoms with Gasteiger partial charge in [-0.25, -0.2) is 0 Å². The summed E-state index contributed by atoms with van der Waals surface area (Å²) >= 11 is 1.66. The zero-order chi connectivity index (χ0) is 9.97. The van der Waals surface area contributed by atoms with Gasteiger partial charge in [0.2, 0.25) is 0 Å². The van der Waals surface area contributed by atoms with Gasteiger partial charge in [-0.1, -0.05) is 24.3 Å². The lowest BCUT2D eigenvalue weighted by Gasteiger charge is -2.05. The first-order valence-electron chi connectivity index (χ1n) is 4.42. The van der Waals surface area contributed by atoms with Gasteiger partial charge in [-0.05, 0) is 18.1 Å². The van der Waals surface area contributed by atoms with Gasteiger partial charge in [-0.3, -0.25) is 0 Å². The summed E-state index contributed by atoms with van der Waals surface area (Å²) in [4.78, 5) is 1.16. The Bertz CT molecular complexity index is 431. The normalized spacial score (nSPS) is 10.1. The summed E-state index contributed by atoms with van der Waals surface area (Å²) in [5.41, 5.74) is 2.50. The summed E-state index contributed by atoms with van der Waals surface area (Å²) in [5.74, 6) is 0.837. The Hall–Kier alpha value is -1.28. The van der Waals surface area contributed by atoms with Gasteiger partial charge in [0.25, 0.3) is 0 Å². The molecule has 14 heavy (non-hydrogen) atoms. The molecular weight excluding hydrogens is 192 g/mol. The third-order valence-corrected chi connectivity index (χ3v) is 3.04. The summed E-state index contributed by atoms with van der Waals surface area (Å²) in [6, 6.07) is 11.4. The molecule has 0 bridgehead atoms. The summed E-state index contributed by atoms with van der Waals surface area (Å²) in [6.45, 7) is 2.11. The lowest BCUT2D eigenvalue weighted by molar-refractivity contribution is 0.417. The third-order valence-electron chi connectivity index (χ3n) is 2.17. The maximum atomic E-state index is 5.25. The largest absolute Gasteiger partial charge is 0.495 e. The monoisotopic (exact) mass is 203 g/mol. The van der Waals surface area contributed by atoms with Crippen molar-refractivity contribution in [3.63, 3.8) is 0 Å². The Labute approximate surface area is 88.0 Å². The molecule has 1 heterocycles. The van der Waals surface area contributed by atoms with Crippen LogP contribution in [0.3, 0.4) is 0 Å². The fourth-order valence-corrected chi connectivity index (χ4v) is 2.32. The van der Waals surface area contributed by atoms with Crippen molar-refractivity contribution in [2.45, 2.75) is 6.92 Å². The number of aryl methyl sites for hydroxylation is 1. The Morgan fingerprint density at radius 2 is 2.07 bits per heavy atom. The minimum absolute atomic E-state index is 0.837. The molecule has 0 unspecified atom stereocenters. The maximum absolute atomic E-state index is 5.25. The molecule has 71 valence electrons. The van der Waals surface area contributed by atoms with E-state index in [4.69, 9.17) is 4.74 Å². The van der Waals surface area contributed by atoms with E-state index in [1.165, 1.54) is 11.1 Å². The Kier molecular flexibility index (Phi) is 2.55. The topological polar surface area (TPSA) is 9.23 Å². The second kappa shape index (κ2) is 3.84. The van der Waals surface area contributed by atoms with Crippen molar-refractivity contribution >= 4 is 11.3 Å². The summed E-state index contributed by atoms with van der Waals surface area (Å²) in [7, 11) is 1.68. The molecule has 2 rings (SSSR count). The van der Waals surface area contributed by atoms with Gasteiger partial charge in [0.1, 0.15) is 5.75 Å². The molecule has 0 aliphatic carbocycles. The summed E-state index contributed by atoms with van der Waals surface area (Å²) in [6.07, 6.45) is 0. The van der Waals surface area contributed by atoms with E-state index in [9.17, 15) is 0 Å². The minimum Gasteiger partial charge on any atom is -0.495 e. The van der Waals surface area contributed by atoms with E-state index in [-0.39, 0.29) is 0 Å². The van der Waals surface area contributed by atoms with E-state index in [2.05, 4.69) is 25.1 Å². The Balaban J connectivity index is 2.54. The highest BCUT2D eigenvalue weighted by Gasteiger charge is 2.08. The first-order chi connectivity index (χ1) is 6.83. The first kappa shape index (κ1) is 9.28. The van der Waals surface area contributed by atoms with Crippen LogP contribution in [-0.2, 0) is 0 Å². The van der Waals surface area contributed by atoms with Crippen molar-refractivity contribution in [3.8, 4) is 16.2 Å². The van der Waals surface area contributed by atoms with Crippen LogP contribution in [0.25, 0.3) is 10.4 Å². The molecule has 1 aromatic carbocycles. The van der Waals surface area contributed by atoms with Crippen molar-refractivity contribution in [2.24, 2.45) is 0 Å². The number of hydrogen-bond acceptors (Lipinski definition) is 2. The molecular formula is C12H11OS. The number of ether oxygens (including phenoxy) is 1. The van der Waals surface area contributed by atoms with Crippen LogP contribution >= 0.6 is 11.3 Å². The van der Waals surface area contributed by atoms with Crippen LogP contribution in [-0.4, -0.2) is 7.11 Å². The van der Waals surface area contributed by atoms with E-state index < -0.39 is 0 Å². The molecule has 2 aromatic rings. The van der Waals surface area contributed by atoms with Crippen LogP contribution in [0.1, 0.15) is 5.56 Å². The predicted octanol–water partition coefficient (Wildman–Crippen LogP) is 3.53. The van der Waals surface area contributed by atoms with Gasteiger partial charge >= 0.3 is 0 Å². The lowest BCUT2D eigenvalue weighted by Crippen LogP contribution is -1.84. The average Bonchev–Trinajstić information content (AvgIpc) is 2.66. The van der Waals surface area contributed by atoms with Gasteiger partial charge in [0, 0.05) is 11.4 Å². The van der Waals surface area contributed by atoms with Crippen LogP contribution in [0.5, 0.6) is 5.75 Å².